The van der Waals surface area contributed by atoms with Gasteiger partial charge >= 0.3 is 0 Å². The Kier molecular flexibility index (Phi) is 4.50. The molecule has 1 amide bonds. The number of halogens is 1. The van der Waals surface area contributed by atoms with Crippen molar-refractivity contribution in [2.75, 3.05) is 12.0 Å². The number of rotatable bonds is 2. The minimum atomic E-state index is -0.0196. The van der Waals surface area contributed by atoms with Crippen LogP contribution in [0.25, 0.3) is 0 Å². The molecular formula is C14H21ClN4O. The molecule has 0 saturated carbocycles. The van der Waals surface area contributed by atoms with Crippen molar-refractivity contribution in [2.45, 2.75) is 33.2 Å². The standard InChI is InChI=1S/C14H21ClN4O/c1-8-4-9(2)10(3)19(7-8)14(20)11-5-12(15)13(18-16)17-6-11/h5-6,8-10H,4,7,16H2,1-3H3,(H,17,18). The summed E-state index contributed by atoms with van der Waals surface area (Å²) >= 11 is 6.03. The van der Waals surface area contributed by atoms with Crippen LogP contribution in [0.1, 0.15) is 37.6 Å². The monoisotopic (exact) mass is 296 g/mol. The minimum absolute atomic E-state index is 0.0196. The Morgan fingerprint density at radius 2 is 2.20 bits per heavy atom. The maximum Gasteiger partial charge on any atom is 0.255 e. The molecule has 2 heterocycles. The molecule has 0 aromatic carbocycles. The van der Waals surface area contributed by atoms with Crippen molar-refractivity contribution in [1.29, 1.82) is 0 Å². The van der Waals surface area contributed by atoms with Crippen LogP contribution in [0, 0.1) is 11.8 Å². The van der Waals surface area contributed by atoms with Crippen LogP contribution in [0.5, 0.6) is 0 Å². The van der Waals surface area contributed by atoms with E-state index in [2.05, 4.69) is 31.2 Å². The number of pyridine rings is 1. The summed E-state index contributed by atoms with van der Waals surface area (Å²) in [6.45, 7) is 7.24. The van der Waals surface area contributed by atoms with Gasteiger partial charge in [0.25, 0.3) is 5.91 Å². The van der Waals surface area contributed by atoms with Gasteiger partial charge in [-0.25, -0.2) is 10.8 Å². The number of carbonyl (C=O) groups is 1. The Bertz CT molecular complexity index is 508. The highest BCUT2D eigenvalue weighted by molar-refractivity contribution is 6.33. The zero-order valence-electron chi connectivity index (χ0n) is 12.1. The third kappa shape index (κ3) is 2.88. The first-order valence-corrected chi connectivity index (χ1v) is 7.25. The topological polar surface area (TPSA) is 71.2 Å². The van der Waals surface area contributed by atoms with Crippen LogP contribution >= 0.6 is 11.6 Å². The summed E-state index contributed by atoms with van der Waals surface area (Å²) in [6, 6.07) is 1.84. The molecule has 5 nitrogen and oxygen atoms in total. The molecule has 2 rings (SSSR count). The number of nitrogen functional groups attached to an aromatic ring is 1. The summed E-state index contributed by atoms with van der Waals surface area (Å²) in [6.07, 6.45) is 2.67. The summed E-state index contributed by atoms with van der Waals surface area (Å²) in [5.74, 6) is 6.65. The fourth-order valence-corrected chi connectivity index (χ4v) is 3.03. The normalized spacial score (nSPS) is 26.4. The molecule has 6 heteroatoms. The highest BCUT2D eigenvalue weighted by Crippen LogP contribution is 2.29. The second-order valence-corrected chi connectivity index (χ2v) is 6.12. The van der Waals surface area contributed by atoms with E-state index in [1.54, 1.807) is 6.07 Å². The van der Waals surface area contributed by atoms with Gasteiger partial charge in [0.1, 0.15) is 0 Å². The van der Waals surface area contributed by atoms with E-state index in [-0.39, 0.29) is 11.9 Å². The van der Waals surface area contributed by atoms with Gasteiger partial charge in [-0.2, -0.15) is 0 Å². The molecule has 1 aromatic heterocycles. The Morgan fingerprint density at radius 1 is 1.50 bits per heavy atom. The molecule has 0 spiro atoms. The van der Waals surface area contributed by atoms with Crippen molar-refractivity contribution in [2.24, 2.45) is 17.7 Å². The lowest BCUT2D eigenvalue weighted by Crippen LogP contribution is -2.48. The first kappa shape index (κ1) is 15.1. The Morgan fingerprint density at radius 3 is 2.80 bits per heavy atom. The number of anilines is 1. The van der Waals surface area contributed by atoms with E-state index in [0.717, 1.165) is 13.0 Å². The number of carbonyl (C=O) groups excluding carboxylic acids is 1. The highest BCUT2D eigenvalue weighted by atomic mass is 35.5. The number of aromatic nitrogens is 1. The largest absolute Gasteiger partial charge is 0.335 e. The fraction of sp³-hybridized carbons (Fsp3) is 0.571. The quantitative estimate of drug-likeness (QED) is 0.650. The zero-order valence-corrected chi connectivity index (χ0v) is 12.8. The number of nitrogens with two attached hydrogens (primary N) is 1. The Balaban J connectivity index is 2.24. The number of piperidine rings is 1. The van der Waals surface area contributed by atoms with Crippen LogP contribution in [0.3, 0.4) is 0 Å². The average molecular weight is 297 g/mol. The summed E-state index contributed by atoms with van der Waals surface area (Å²) in [5, 5.41) is 0.351. The molecule has 1 aromatic rings. The third-order valence-corrected chi connectivity index (χ3v) is 4.37. The van der Waals surface area contributed by atoms with Crippen LogP contribution in [0.15, 0.2) is 12.3 Å². The van der Waals surface area contributed by atoms with Crippen LogP contribution in [-0.4, -0.2) is 28.4 Å². The van der Waals surface area contributed by atoms with Gasteiger partial charge < -0.3 is 10.3 Å². The van der Waals surface area contributed by atoms with Crippen molar-refractivity contribution >= 4 is 23.3 Å². The molecule has 1 aliphatic rings. The van der Waals surface area contributed by atoms with E-state index in [4.69, 9.17) is 17.4 Å². The molecular weight excluding hydrogens is 276 g/mol. The number of nitrogens with zero attached hydrogens (tertiary/aromatic N) is 2. The average Bonchev–Trinajstić information content (AvgIpc) is 2.42. The van der Waals surface area contributed by atoms with Gasteiger partial charge in [0.05, 0.1) is 10.6 Å². The molecule has 3 atom stereocenters. The van der Waals surface area contributed by atoms with Crippen molar-refractivity contribution in [3.63, 3.8) is 0 Å². The van der Waals surface area contributed by atoms with E-state index in [0.29, 0.717) is 28.2 Å². The molecule has 110 valence electrons. The molecule has 0 aliphatic carbocycles. The Hall–Kier alpha value is -1.33. The smallest absolute Gasteiger partial charge is 0.255 e. The van der Waals surface area contributed by atoms with E-state index in [1.807, 2.05) is 4.90 Å². The van der Waals surface area contributed by atoms with Crippen molar-refractivity contribution in [3.8, 4) is 0 Å². The maximum atomic E-state index is 12.6. The lowest BCUT2D eigenvalue weighted by atomic mass is 9.85. The second kappa shape index (κ2) is 5.97. The molecule has 3 unspecified atom stereocenters. The highest BCUT2D eigenvalue weighted by Gasteiger charge is 2.32. The first-order chi connectivity index (χ1) is 9.43. The van der Waals surface area contributed by atoms with Crippen LogP contribution in [0.2, 0.25) is 5.02 Å². The van der Waals surface area contributed by atoms with E-state index < -0.39 is 0 Å². The van der Waals surface area contributed by atoms with Gasteiger partial charge in [-0.3, -0.25) is 4.79 Å². The molecule has 1 fully saturated rings. The molecule has 0 radical (unpaired) electrons. The molecule has 3 N–H and O–H groups in total. The van der Waals surface area contributed by atoms with E-state index >= 15 is 0 Å². The number of nitrogens with one attached hydrogen (secondary N) is 1. The molecule has 1 saturated heterocycles. The predicted molar refractivity (Wildman–Crippen MR) is 80.5 cm³/mol. The lowest BCUT2D eigenvalue weighted by molar-refractivity contribution is 0.0455. The molecule has 1 aliphatic heterocycles. The van der Waals surface area contributed by atoms with Gasteiger partial charge in [-0.05, 0) is 31.2 Å². The second-order valence-electron chi connectivity index (χ2n) is 5.72. The van der Waals surface area contributed by atoms with Crippen LogP contribution in [-0.2, 0) is 0 Å². The van der Waals surface area contributed by atoms with E-state index in [1.165, 1.54) is 6.20 Å². The van der Waals surface area contributed by atoms with Gasteiger partial charge in [0, 0.05) is 18.8 Å². The van der Waals surface area contributed by atoms with Gasteiger partial charge in [0.15, 0.2) is 5.82 Å². The van der Waals surface area contributed by atoms with Crippen molar-refractivity contribution < 1.29 is 4.79 Å². The number of hydrazine groups is 1. The van der Waals surface area contributed by atoms with Crippen LogP contribution < -0.4 is 11.3 Å². The summed E-state index contributed by atoms with van der Waals surface area (Å²) in [7, 11) is 0. The van der Waals surface area contributed by atoms with Gasteiger partial charge in [-0.1, -0.05) is 25.4 Å². The number of hydrogen-bond acceptors (Lipinski definition) is 4. The lowest BCUT2D eigenvalue weighted by Gasteiger charge is -2.41. The van der Waals surface area contributed by atoms with Gasteiger partial charge in [-0.15, -0.1) is 0 Å². The minimum Gasteiger partial charge on any atom is -0.335 e. The number of hydrogen-bond donors (Lipinski definition) is 2. The summed E-state index contributed by atoms with van der Waals surface area (Å²) in [4.78, 5) is 18.6. The predicted octanol–water partition coefficient (Wildman–Crippen LogP) is 2.53. The third-order valence-electron chi connectivity index (χ3n) is 4.08. The van der Waals surface area contributed by atoms with Crippen molar-refractivity contribution in [3.05, 3.63) is 22.8 Å². The SMILES string of the molecule is CC1CC(C)C(C)N(C(=O)c2cnc(NN)c(Cl)c2)C1. The van der Waals surface area contributed by atoms with E-state index in [9.17, 15) is 4.79 Å². The van der Waals surface area contributed by atoms with Crippen LogP contribution in [0.4, 0.5) is 5.82 Å². The Labute approximate surface area is 124 Å². The van der Waals surface area contributed by atoms with Gasteiger partial charge in [0.2, 0.25) is 0 Å². The molecule has 0 bridgehead atoms. The molecule has 20 heavy (non-hydrogen) atoms. The fourth-order valence-electron chi connectivity index (χ4n) is 2.81. The first-order valence-electron chi connectivity index (χ1n) is 6.87. The van der Waals surface area contributed by atoms with Crippen molar-refractivity contribution in [1.82, 2.24) is 9.88 Å². The number of likely N-dealkylation sites (tertiary alicyclic amines) is 1. The number of amides is 1. The maximum absolute atomic E-state index is 12.6. The zero-order chi connectivity index (χ0) is 14.9. The summed E-state index contributed by atoms with van der Waals surface area (Å²) < 4.78 is 0. The summed E-state index contributed by atoms with van der Waals surface area (Å²) in [5.41, 5.74) is 2.90.